The Morgan fingerprint density at radius 1 is 0.857 bits per heavy atom. The molecule has 0 saturated heterocycles. The third-order valence-corrected chi connectivity index (χ3v) is 6.81. The fourth-order valence-corrected chi connectivity index (χ4v) is 5.14. The summed E-state index contributed by atoms with van der Waals surface area (Å²) in [4.78, 5) is 0. The molecule has 0 N–H and O–H groups in total. The lowest BCUT2D eigenvalue weighted by Gasteiger charge is -2.38. The summed E-state index contributed by atoms with van der Waals surface area (Å²) in [5.74, 6) is -2.41. The van der Waals surface area contributed by atoms with E-state index in [1.54, 1.807) is 0 Å². The van der Waals surface area contributed by atoms with Crippen LogP contribution in [0.2, 0.25) is 0 Å². The molecule has 158 valence electrons. The topological polar surface area (TPSA) is 9.23 Å². The number of ether oxygens (including phenoxy) is 1. The van der Waals surface area contributed by atoms with Crippen molar-refractivity contribution in [3.05, 3.63) is 29.3 Å². The average Bonchev–Trinajstić information content (AvgIpc) is 2.65. The van der Waals surface area contributed by atoms with Crippen LogP contribution in [0.5, 0.6) is 5.75 Å². The van der Waals surface area contributed by atoms with Gasteiger partial charge in [-0.3, -0.25) is 0 Å². The molecule has 5 heteroatoms. The SMILES string of the molecule is Cc1ccc(OCC2CCC(C3CCC(CC(C)(F)F)CC3)CC2)c(F)c1F. The minimum absolute atomic E-state index is 0.00345. The van der Waals surface area contributed by atoms with Crippen molar-refractivity contribution >= 4 is 0 Å². The summed E-state index contributed by atoms with van der Waals surface area (Å²) >= 11 is 0. The number of alkyl halides is 2. The Hall–Kier alpha value is -1.26. The number of halogens is 4. The van der Waals surface area contributed by atoms with Crippen LogP contribution in [0.15, 0.2) is 12.1 Å². The van der Waals surface area contributed by atoms with Crippen molar-refractivity contribution in [3.8, 4) is 5.75 Å². The lowest BCUT2D eigenvalue weighted by molar-refractivity contribution is -0.0133. The maximum absolute atomic E-state index is 13.9. The summed E-state index contributed by atoms with van der Waals surface area (Å²) in [5, 5.41) is 0. The van der Waals surface area contributed by atoms with E-state index in [1.165, 1.54) is 19.1 Å². The van der Waals surface area contributed by atoms with Gasteiger partial charge in [0, 0.05) is 6.42 Å². The molecule has 0 heterocycles. The highest BCUT2D eigenvalue weighted by Crippen LogP contribution is 2.43. The van der Waals surface area contributed by atoms with Gasteiger partial charge in [0.05, 0.1) is 6.61 Å². The molecule has 0 amide bonds. The average molecular weight is 401 g/mol. The molecule has 2 saturated carbocycles. The first-order valence-corrected chi connectivity index (χ1v) is 10.7. The summed E-state index contributed by atoms with van der Waals surface area (Å²) in [5.41, 5.74) is 0.280. The molecule has 0 aromatic heterocycles. The molecule has 0 spiro atoms. The van der Waals surface area contributed by atoms with Crippen molar-refractivity contribution < 1.29 is 22.3 Å². The first kappa shape index (κ1) is 21.4. The largest absolute Gasteiger partial charge is 0.490 e. The first-order valence-electron chi connectivity index (χ1n) is 10.7. The molecule has 0 bridgehead atoms. The number of hydrogen-bond acceptors (Lipinski definition) is 1. The van der Waals surface area contributed by atoms with Crippen LogP contribution in [-0.2, 0) is 0 Å². The monoisotopic (exact) mass is 400 g/mol. The maximum Gasteiger partial charge on any atom is 0.245 e. The summed E-state index contributed by atoms with van der Waals surface area (Å²) in [6.45, 7) is 2.98. The lowest BCUT2D eigenvalue weighted by Crippen LogP contribution is -2.29. The normalized spacial score (nSPS) is 28.9. The van der Waals surface area contributed by atoms with E-state index in [9.17, 15) is 17.6 Å². The Labute approximate surface area is 165 Å². The number of rotatable bonds is 6. The zero-order chi connectivity index (χ0) is 20.3. The summed E-state index contributed by atoms with van der Waals surface area (Å²) in [6, 6.07) is 3.03. The Morgan fingerprint density at radius 2 is 1.39 bits per heavy atom. The quantitative estimate of drug-likeness (QED) is 0.455. The van der Waals surface area contributed by atoms with Gasteiger partial charge in [-0.2, -0.15) is 4.39 Å². The van der Waals surface area contributed by atoms with Crippen LogP contribution in [0.1, 0.15) is 70.3 Å². The number of hydrogen-bond donors (Lipinski definition) is 0. The predicted molar refractivity (Wildman–Crippen MR) is 103 cm³/mol. The van der Waals surface area contributed by atoms with Gasteiger partial charge in [0.2, 0.25) is 11.7 Å². The van der Waals surface area contributed by atoms with Crippen molar-refractivity contribution in [3.63, 3.8) is 0 Å². The summed E-state index contributed by atoms with van der Waals surface area (Å²) in [7, 11) is 0. The smallest absolute Gasteiger partial charge is 0.245 e. The van der Waals surface area contributed by atoms with Crippen molar-refractivity contribution in [1.82, 2.24) is 0 Å². The van der Waals surface area contributed by atoms with E-state index in [0.717, 1.165) is 58.3 Å². The van der Waals surface area contributed by atoms with E-state index in [-0.39, 0.29) is 23.7 Å². The molecule has 1 aromatic carbocycles. The van der Waals surface area contributed by atoms with Crippen molar-refractivity contribution in [2.45, 2.75) is 77.6 Å². The first-order chi connectivity index (χ1) is 13.2. The fourth-order valence-electron chi connectivity index (χ4n) is 5.14. The Kier molecular flexibility index (Phi) is 6.93. The van der Waals surface area contributed by atoms with Crippen LogP contribution >= 0.6 is 0 Å². The number of benzene rings is 1. The molecule has 2 aliphatic rings. The molecule has 0 unspecified atom stereocenters. The third kappa shape index (κ3) is 5.64. The molecule has 2 aliphatic carbocycles. The fraction of sp³-hybridized carbons (Fsp3) is 0.739. The van der Waals surface area contributed by atoms with E-state index in [0.29, 0.717) is 24.4 Å². The predicted octanol–water partition coefficient (Wildman–Crippen LogP) is 7.31. The molecule has 3 rings (SSSR count). The molecular weight excluding hydrogens is 368 g/mol. The van der Waals surface area contributed by atoms with Gasteiger partial charge in [-0.25, -0.2) is 13.2 Å². The van der Waals surface area contributed by atoms with Crippen LogP contribution in [0.4, 0.5) is 17.6 Å². The molecule has 1 aromatic rings. The molecular formula is C23H32F4O. The van der Waals surface area contributed by atoms with E-state index < -0.39 is 17.6 Å². The highest BCUT2D eigenvalue weighted by Gasteiger charge is 2.34. The molecule has 0 radical (unpaired) electrons. The third-order valence-electron chi connectivity index (χ3n) is 6.81. The van der Waals surface area contributed by atoms with Gasteiger partial charge >= 0.3 is 0 Å². The lowest BCUT2D eigenvalue weighted by atomic mass is 9.68. The molecule has 28 heavy (non-hydrogen) atoms. The second-order valence-corrected chi connectivity index (χ2v) is 9.16. The number of aryl methyl sites for hydroxylation is 1. The van der Waals surface area contributed by atoms with Gasteiger partial charge in [-0.1, -0.05) is 6.07 Å². The zero-order valence-electron chi connectivity index (χ0n) is 17.0. The highest BCUT2D eigenvalue weighted by atomic mass is 19.3. The minimum Gasteiger partial charge on any atom is -0.490 e. The Bertz CT molecular complexity index is 639. The van der Waals surface area contributed by atoms with Crippen molar-refractivity contribution in [2.24, 2.45) is 23.7 Å². The molecule has 0 atom stereocenters. The Balaban J connectivity index is 1.40. The van der Waals surface area contributed by atoms with Crippen LogP contribution < -0.4 is 4.74 Å². The van der Waals surface area contributed by atoms with Gasteiger partial charge in [0.25, 0.3) is 0 Å². The molecule has 2 fully saturated rings. The zero-order valence-corrected chi connectivity index (χ0v) is 17.0. The summed E-state index contributed by atoms with van der Waals surface area (Å²) in [6.07, 6.45) is 8.34. The second-order valence-electron chi connectivity index (χ2n) is 9.16. The van der Waals surface area contributed by atoms with Crippen LogP contribution in [-0.4, -0.2) is 12.5 Å². The van der Waals surface area contributed by atoms with Gasteiger partial charge < -0.3 is 4.74 Å². The van der Waals surface area contributed by atoms with Gasteiger partial charge in [-0.15, -0.1) is 0 Å². The molecule has 0 aliphatic heterocycles. The van der Waals surface area contributed by atoms with Crippen LogP contribution in [0.3, 0.4) is 0 Å². The second kappa shape index (κ2) is 9.04. The van der Waals surface area contributed by atoms with E-state index in [2.05, 4.69) is 0 Å². The van der Waals surface area contributed by atoms with Crippen LogP contribution in [0, 0.1) is 42.2 Å². The van der Waals surface area contributed by atoms with E-state index in [1.807, 2.05) is 0 Å². The standard InChI is InChI=1S/C23H32F4O/c1-15-3-12-20(22(25)21(15)24)28-14-17-6-10-19(11-7-17)18-8-4-16(5-9-18)13-23(2,26)27/h3,12,16-19H,4-11,13-14H2,1-2H3. The van der Waals surface area contributed by atoms with Crippen molar-refractivity contribution in [1.29, 1.82) is 0 Å². The van der Waals surface area contributed by atoms with Crippen molar-refractivity contribution in [2.75, 3.05) is 6.61 Å². The van der Waals surface area contributed by atoms with Crippen LogP contribution in [0.25, 0.3) is 0 Å². The van der Waals surface area contributed by atoms with Gasteiger partial charge in [0.15, 0.2) is 11.6 Å². The van der Waals surface area contributed by atoms with Gasteiger partial charge in [0.1, 0.15) is 0 Å². The highest BCUT2D eigenvalue weighted by molar-refractivity contribution is 5.30. The summed E-state index contributed by atoms with van der Waals surface area (Å²) < 4.78 is 59.5. The van der Waals surface area contributed by atoms with Gasteiger partial charge in [-0.05, 0) is 101 Å². The Morgan fingerprint density at radius 3 is 1.93 bits per heavy atom. The van der Waals surface area contributed by atoms with E-state index >= 15 is 0 Å². The maximum atomic E-state index is 13.9. The van der Waals surface area contributed by atoms with E-state index in [4.69, 9.17) is 4.74 Å². The minimum atomic E-state index is -2.55. The molecule has 1 nitrogen and oxygen atoms in total.